The molecule has 3 heteroatoms. The van der Waals surface area contributed by atoms with Crippen molar-refractivity contribution in [3.8, 4) is 5.75 Å². The Morgan fingerprint density at radius 2 is 2.21 bits per heavy atom. The summed E-state index contributed by atoms with van der Waals surface area (Å²) in [4.78, 5) is 0. The molecule has 0 saturated carbocycles. The second kappa shape index (κ2) is 7.51. The van der Waals surface area contributed by atoms with Gasteiger partial charge in [-0.2, -0.15) is 0 Å². The summed E-state index contributed by atoms with van der Waals surface area (Å²) in [6, 6.07) is 8.69. The Bertz CT molecular complexity index is 375. The number of rotatable bonds is 7. The lowest BCUT2D eigenvalue weighted by Gasteiger charge is -2.24. The van der Waals surface area contributed by atoms with E-state index in [1.807, 2.05) is 6.07 Å². The fourth-order valence-electron chi connectivity index (χ4n) is 2.61. The zero-order valence-electron chi connectivity index (χ0n) is 12.0. The SMILES string of the molecule is CCNC(COc1ccccc1CC)C1CCOC1. The van der Waals surface area contributed by atoms with Crippen LogP contribution in [0.3, 0.4) is 0 Å². The highest BCUT2D eigenvalue weighted by atomic mass is 16.5. The van der Waals surface area contributed by atoms with Crippen molar-refractivity contribution in [3.05, 3.63) is 29.8 Å². The normalized spacial score (nSPS) is 20.4. The highest BCUT2D eigenvalue weighted by molar-refractivity contribution is 5.33. The lowest BCUT2D eigenvalue weighted by molar-refractivity contribution is 0.160. The molecule has 3 nitrogen and oxygen atoms in total. The smallest absolute Gasteiger partial charge is 0.122 e. The Morgan fingerprint density at radius 1 is 1.37 bits per heavy atom. The molecule has 1 N–H and O–H groups in total. The Morgan fingerprint density at radius 3 is 2.89 bits per heavy atom. The lowest BCUT2D eigenvalue weighted by atomic mass is 10.00. The zero-order chi connectivity index (χ0) is 13.5. The van der Waals surface area contributed by atoms with Gasteiger partial charge in [0.15, 0.2) is 0 Å². The molecule has 0 amide bonds. The van der Waals surface area contributed by atoms with Crippen LogP contribution < -0.4 is 10.1 Å². The van der Waals surface area contributed by atoms with Gasteiger partial charge in [-0.3, -0.25) is 0 Å². The summed E-state index contributed by atoms with van der Waals surface area (Å²) < 4.78 is 11.5. The van der Waals surface area contributed by atoms with Gasteiger partial charge >= 0.3 is 0 Å². The molecule has 0 aliphatic carbocycles. The largest absolute Gasteiger partial charge is 0.492 e. The summed E-state index contributed by atoms with van der Waals surface area (Å²) in [5.41, 5.74) is 1.28. The van der Waals surface area contributed by atoms with E-state index in [0.29, 0.717) is 12.0 Å². The third-order valence-corrected chi connectivity index (χ3v) is 3.77. The predicted molar refractivity (Wildman–Crippen MR) is 77.7 cm³/mol. The van der Waals surface area contributed by atoms with Crippen molar-refractivity contribution >= 4 is 0 Å². The van der Waals surface area contributed by atoms with Gasteiger partial charge in [-0.25, -0.2) is 0 Å². The zero-order valence-corrected chi connectivity index (χ0v) is 12.0. The fourth-order valence-corrected chi connectivity index (χ4v) is 2.61. The predicted octanol–water partition coefficient (Wildman–Crippen LogP) is 2.64. The molecule has 1 aromatic carbocycles. The van der Waals surface area contributed by atoms with E-state index < -0.39 is 0 Å². The maximum atomic E-state index is 6.04. The van der Waals surface area contributed by atoms with Gasteiger partial charge in [0.25, 0.3) is 0 Å². The van der Waals surface area contributed by atoms with E-state index in [1.54, 1.807) is 0 Å². The van der Waals surface area contributed by atoms with Gasteiger partial charge in [0.2, 0.25) is 0 Å². The molecule has 2 unspecified atom stereocenters. The molecule has 1 saturated heterocycles. The summed E-state index contributed by atoms with van der Waals surface area (Å²) in [5, 5.41) is 3.53. The Balaban J connectivity index is 1.93. The first kappa shape index (κ1) is 14.4. The minimum atomic E-state index is 0.386. The molecule has 0 aromatic heterocycles. The van der Waals surface area contributed by atoms with Gasteiger partial charge in [-0.15, -0.1) is 0 Å². The van der Waals surface area contributed by atoms with Crippen LogP contribution in [0, 0.1) is 5.92 Å². The maximum absolute atomic E-state index is 6.04. The first-order valence-corrected chi connectivity index (χ1v) is 7.37. The number of likely N-dealkylation sites (N-methyl/N-ethyl adjacent to an activating group) is 1. The lowest BCUT2D eigenvalue weighted by Crippen LogP contribution is -2.41. The molecular formula is C16H25NO2. The van der Waals surface area contributed by atoms with Crippen LogP contribution in [-0.4, -0.2) is 32.4 Å². The summed E-state index contributed by atoms with van der Waals surface area (Å²) in [6.07, 6.45) is 2.14. The number of para-hydroxylation sites is 1. The van der Waals surface area contributed by atoms with Gasteiger partial charge < -0.3 is 14.8 Å². The topological polar surface area (TPSA) is 30.5 Å². The standard InChI is InChI=1S/C16H25NO2/c1-3-13-7-5-6-8-16(13)19-12-15(17-4-2)14-9-10-18-11-14/h5-8,14-15,17H,3-4,9-12H2,1-2H3. The molecule has 2 atom stereocenters. The Hall–Kier alpha value is -1.06. The van der Waals surface area contributed by atoms with Crippen molar-refractivity contribution < 1.29 is 9.47 Å². The number of benzene rings is 1. The minimum absolute atomic E-state index is 0.386. The molecule has 106 valence electrons. The Labute approximate surface area is 116 Å². The van der Waals surface area contributed by atoms with Gasteiger partial charge in [0.05, 0.1) is 6.61 Å². The fraction of sp³-hybridized carbons (Fsp3) is 0.625. The van der Waals surface area contributed by atoms with Crippen LogP contribution in [0.1, 0.15) is 25.8 Å². The molecule has 1 fully saturated rings. The summed E-state index contributed by atoms with van der Waals surface area (Å²) >= 11 is 0. The van der Waals surface area contributed by atoms with Crippen LogP contribution in [0.25, 0.3) is 0 Å². The van der Waals surface area contributed by atoms with Crippen LogP contribution in [0.2, 0.25) is 0 Å². The third kappa shape index (κ3) is 3.95. The van der Waals surface area contributed by atoms with Crippen molar-refractivity contribution in [2.75, 3.05) is 26.4 Å². The molecule has 0 spiro atoms. The highest BCUT2D eigenvalue weighted by Crippen LogP contribution is 2.21. The summed E-state index contributed by atoms with van der Waals surface area (Å²) in [5.74, 6) is 1.60. The van der Waals surface area contributed by atoms with Crippen molar-refractivity contribution in [2.45, 2.75) is 32.7 Å². The van der Waals surface area contributed by atoms with E-state index in [2.05, 4.69) is 37.4 Å². The number of ether oxygens (including phenoxy) is 2. The molecule has 1 aliphatic heterocycles. The molecule has 0 radical (unpaired) electrons. The average Bonchev–Trinajstić information content (AvgIpc) is 2.97. The molecule has 1 heterocycles. The molecule has 0 bridgehead atoms. The van der Waals surface area contributed by atoms with Crippen LogP contribution in [-0.2, 0) is 11.2 Å². The summed E-state index contributed by atoms with van der Waals surface area (Å²) in [6.45, 7) is 7.74. The van der Waals surface area contributed by atoms with E-state index in [0.717, 1.165) is 45.0 Å². The maximum Gasteiger partial charge on any atom is 0.122 e. The number of nitrogens with one attached hydrogen (secondary N) is 1. The third-order valence-electron chi connectivity index (χ3n) is 3.77. The van der Waals surface area contributed by atoms with E-state index in [9.17, 15) is 0 Å². The monoisotopic (exact) mass is 263 g/mol. The second-order valence-corrected chi connectivity index (χ2v) is 5.06. The first-order chi connectivity index (χ1) is 9.35. The van der Waals surface area contributed by atoms with Crippen molar-refractivity contribution in [3.63, 3.8) is 0 Å². The second-order valence-electron chi connectivity index (χ2n) is 5.06. The van der Waals surface area contributed by atoms with E-state index in [1.165, 1.54) is 5.56 Å². The van der Waals surface area contributed by atoms with Gasteiger partial charge in [-0.1, -0.05) is 32.0 Å². The van der Waals surface area contributed by atoms with Crippen LogP contribution >= 0.6 is 0 Å². The van der Waals surface area contributed by atoms with Crippen LogP contribution in [0.4, 0.5) is 0 Å². The van der Waals surface area contributed by atoms with E-state index in [4.69, 9.17) is 9.47 Å². The number of hydrogen-bond donors (Lipinski definition) is 1. The van der Waals surface area contributed by atoms with Crippen molar-refractivity contribution in [2.24, 2.45) is 5.92 Å². The van der Waals surface area contributed by atoms with Gasteiger partial charge in [-0.05, 0) is 31.0 Å². The number of aryl methyl sites for hydroxylation is 1. The minimum Gasteiger partial charge on any atom is -0.492 e. The molecular weight excluding hydrogens is 238 g/mol. The number of hydrogen-bond acceptors (Lipinski definition) is 3. The summed E-state index contributed by atoms with van der Waals surface area (Å²) in [7, 11) is 0. The average molecular weight is 263 g/mol. The van der Waals surface area contributed by atoms with E-state index >= 15 is 0 Å². The molecule has 19 heavy (non-hydrogen) atoms. The van der Waals surface area contributed by atoms with E-state index in [-0.39, 0.29) is 0 Å². The highest BCUT2D eigenvalue weighted by Gasteiger charge is 2.25. The van der Waals surface area contributed by atoms with Gasteiger partial charge in [0, 0.05) is 18.6 Å². The Kier molecular flexibility index (Phi) is 5.67. The molecule has 1 aliphatic rings. The molecule has 1 aromatic rings. The van der Waals surface area contributed by atoms with Crippen molar-refractivity contribution in [1.29, 1.82) is 0 Å². The van der Waals surface area contributed by atoms with Crippen LogP contribution in [0.5, 0.6) is 5.75 Å². The van der Waals surface area contributed by atoms with Crippen molar-refractivity contribution in [1.82, 2.24) is 5.32 Å². The van der Waals surface area contributed by atoms with Gasteiger partial charge in [0.1, 0.15) is 12.4 Å². The van der Waals surface area contributed by atoms with Crippen LogP contribution in [0.15, 0.2) is 24.3 Å². The quantitative estimate of drug-likeness (QED) is 0.820. The first-order valence-electron chi connectivity index (χ1n) is 7.37. The molecule has 2 rings (SSSR count).